The van der Waals surface area contributed by atoms with Crippen molar-refractivity contribution in [3.8, 4) is 28.4 Å². The third-order valence-corrected chi connectivity index (χ3v) is 5.73. The number of ether oxygens (including phenoxy) is 4. The van der Waals surface area contributed by atoms with Crippen LogP contribution in [0.1, 0.15) is 29.8 Å². The topological polar surface area (TPSA) is 83.1 Å². The highest BCUT2D eigenvalue weighted by Crippen LogP contribution is 2.37. The Morgan fingerprint density at radius 2 is 1.71 bits per heavy atom. The summed E-state index contributed by atoms with van der Waals surface area (Å²) >= 11 is 1.26. The first kappa shape index (κ1) is 24.9. The van der Waals surface area contributed by atoms with E-state index in [1.54, 1.807) is 45.4 Å². The average Bonchev–Trinajstić information content (AvgIpc) is 3.26. The van der Waals surface area contributed by atoms with Gasteiger partial charge in [-0.05, 0) is 55.8 Å². The minimum absolute atomic E-state index is 0.223. The van der Waals surface area contributed by atoms with Gasteiger partial charge in [0.05, 0.1) is 27.4 Å². The molecule has 0 radical (unpaired) electrons. The molecular formula is C26H27NO6S. The second-order valence-electron chi connectivity index (χ2n) is 6.96. The number of rotatable bonds is 10. The van der Waals surface area contributed by atoms with E-state index < -0.39 is 11.9 Å². The van der Waals surface area contributed by atoms with Crippen molar-refractivity contribution in [2.75, 3.05) is 32.8 Å². The van der Waals surface area contributed by atoms with E-state index in [4.69, 9.17) is 18.9 Å². The lowest BCUT2D eigenvalue weighted by molar-refractivity contribution is -0.111. The van der Waals surface area contributed by atoms with Gasteiger partial charge in [0.25, 0.3) is 0 Å². The van der Waals surface area contributed by atoms with Gasteiger partial charge in [0.2, 0.25) is 5.91 Å². The van der Waals surface area contributed by atoms with Gasteiger partial charge in [-0.25, -0.2) is 4.79 Å². The van der Waals surface area contributed by atoms with Crippen LogP contribution in [-0.4, -0.2) is 39.3 Å². The third kappa shape index (κ3) is 5.96. The van der Waals surface area contributed by atoms with Gasteiger partial charge in [-0.3, -0.25) is 4.79 Å². The highest BCUT2D eigenvalue weighted by atomic mass is 32.1. The molecule has 7 nitrogen and oxygen atoms in total. The van der Waals surface area contributed by atoms with E-state index in [1.165, 1.54) is 17.4 Å². The smallest absolute Gasteiger partial charge is 0.341 e. The normalized spacial score (nSPS) is 10.7. The monoisotopic (exact) mass is 481 g/mol. The zero-order valence-corrected chi connectivity index (χ0v) is 20.4. The van der Waals surface area contributed by atoms with Gasteiger partial charge in [0, 0.05) is 22.6 Å². The van der Waals surface area contributed by atoms with Crippen LogP contribution >= 0.6 is 11.3 Å². The van der Waals surface area contributed by atoms with Crippen LogP contribution in [0.25, 0.3) is 17.2 Å². The van der Waals surface area contributed by atoms with E-state index in [-0.39, 0.29) is 6.61 Å². The van der Waals surface area contributed by atoms with Crippen LogP contribution in [0.15, 0.2) is 53.9 Å². The number of thiophene rings is 1. The number of anilines is 1. The van der Waals surface area contributed by atoms with Gasteiger partial charge >= 0.3 is 5.97 Å². The summed E-state index contributed by atoms with van der Waals surface area (Å²) in [6.45, 7) is 4.44. The Hall–Kier alpha value is -3.78. The number of carbonyl (C=O) groups is 2. The third-order valence-electron chi connectivity index (χ3n) is 4.83. The molecule has 3 rings (SSSR count). The molecule has 0 aliphatic carbocycles. The van der Waals surface area contributed by atoms with E-state index in [0.717, 1.165) is 11.3 Å². The largest absolute Gasteiger partial charge is 0.497 e. The summed E-state index contributed by atoms with van der Waals surface area (Å²) in [6.07, 6.45) is 3.00. The number of carbonyl (C=O) groups excluding carboxylic acids is 2. The zero-order valence-electron chi connectivity index (χ0n) is 19.5. The Bertz CT molecular complexity index is 1170. The first-order valence-electron chi connectivity index (χ1n) is 10.7. The maximum absolute atomic E-state index is 12.8. The fraction of sp³-hybridized carbons (Fsp3) is 0.231. The van der Waals surface area contributed by atoms with Crippen molar-refractivity contribution in [1.29, 1.82) is 0 Å². The van der Waals surface area contributed by atoms with Crippen LogP contribution < -0.4 is 19.5 Å². The van der Waals surface area contributed by atoms with Gasteiger partial charge in [-0.1, -0.05) is 12.1 Å². The number of methoxy groups -OCH3 is 2. The summed E-state index contributed by atoms with van der Waals surface area (Å²) in [6, 6.07) is 12.7. The fourth-order valence-electron chi connectivity index (χ4n) is 3.25. The molecule has 1 aromatic heterocycles. The highest BCUT2D eigenvalue weighted by Gasteiger charge is 2.22. The van der Waals surface area contributed by atoms with Gasteiger partial charge in [-0.2, -0.15) is 0 Å². The molecule has 3 aromatic rings. The van der Waals surface area contributed by atoms with Crippen molar-refractivity contribution in [3.63, 3.8) is 0 Å². The van der Waals surface area contributed by atoms with Crippen LogP contribution in [0.3, 0.4) is 0 Å². The highest BCUT2D eigenvalue weighted by molar-refractivity contribution is 7.15. The average molecular weight is 482 g/mol. The summed E-state index contributed by atoms with van der Waals surface area (Å²) in [7, 11) is 3.12. The molecular weight excluding hydrogens is 454 g/mol. The van der Waals surface area contributed by atoms with Crippen molar-refractivity contribution in [2.24, 2.45) is 0 Å². The predicted octanol–water partition coefficient (Wildman–Crippen LogP) is 5.66. The number of benzene rings is 2. The number of hydrogen-bond donors (Lipinski definition) is 1. The first-order chi connectivity index (χ1) is 16.5. The van der Waals surface area contributed by atoms with Crippen molar-refractivity contribution in [2.45, 2.75) is 13.8 Å². The van der Waals surface area contributed by atoms with E-state index in [1.807, 2.05) is 36.6 Å². The second-order valence-corrected chi connectivity index (χ2v) is 7.84. The van der Waals surface area contributed by atoms with Crippen LogP contribution in [0, 0.1) is 0 Å². The number of nitrogens with one attached hydrogen (secondary N) is 1. The molecule has 0 unspecified atom stereocenters. The summed E-state index contributed by atoms with van der Waals surface area (Å²) in [5.74, 6) is 1.09. The molecule has 0 saturated heterocycles. The SMILES string of the molecule is CCOC(=O)c1c(-c2ccc(OCC)cc2)csc1NC(=O)/C=C/c1cc(OC)ccc1OC. The summed E-state index contributed by atoms with van der Waals surface area (Å²) < 4.78 is 21.3. The second kappa shape index (κ2) is 11.9. The summed E-state index contributed by atoms with van der Waals surface area (Å²) in [4.78, 5) is 25.5. The Kier molecular flexibility index (Phi) is 8.70. The van der Waals surface area contributed by atoms with Gasteiger partial charge < -0.3 is 24.3 Å². The molecule has 8 heteroatoms. The molecule has 0 spiro atoms. The minimum Gasteiger partial charge on any atom is -0.497 e. The van der Waals surface area contributed by atoms with E-state index >= 15 is 0 Å². The van der Waals surface area contributed by atoms with Crippen molar-refractivity contribution in [1.82, 2.24) is 0 Å². The standard InChI is InChI=1S/C26H27NO6S/c1-5-32-19-10-7-17(8-11-19)21-16-34-25(24(21)26(29)33-6-2)27-23(28)14-9-18-15-20(30-3)12-13-22(18)31-4/h7-16H,5-6H2,1-4H3,(H,27,28)/b14-9+. The summed E-state index contributed by atoms with van der Waals surface area (Å²) in [5, 5.41) is 5.04. The molecule has 0 saturated carbocycles. The number of esters is 1. The predicted molar refractivity (Wildman–Crippen MR) is 134 cm³/mol. The van der Waals surface area contributed by atoms with E-state index in [9.17, 15) is 9.59 Å². The van der Waals surface area contributed by atoms with Crippen LogP contribution in [0.5, 0.6) is 17.2 Å². The molecule has 0 aliphatic rings. The molecule has 0 aliphatic heterocycles. The Morgan fingerprint density at radius 1 is 0.971 bits per heavy atom. The first-order valence-corrected chi connectivity index (χ1v) is 11.6. The fourth-order valence-corrected chi connectivity index (χ4v) is 4.21. The lowest BCUT2D eigenvalue weighted by Gasteiger charge is -2.09. The quantitative estimate of drug-likeness (QED) is 0.297. The Labute approximate surface area is 202 Å². The lowest BCUT2D eigenvalue weighted by atomic mass is 10.0. The van der Waals surface area contributed by atoms with E-state index in [0.29, 0.717) is 39.8 Å². The molecule has 0 bridgehead atoms. The van der Waals surface area contributed by atoms with Crippen molar-refractivity contribution in [3.05, 3.63) is 65.0 Å². The van der Waals surface area contributed by atoms with Crippen molar-refractivity contribution >= 4 is 34.3 Å². The molecule has 34 heavy (non-hydrogen) atoms. The van der Waals surface area contributed by atoms with Gasteiger partial charge in [0.1, 0.15) is 27.8 Å². The van der Waals surface area contributed by atoms with E-state index in [2.05, 4.69) is 5.32 Å². The van der Waals surface area contributed by atoms with Crippen LogP contribution in [-0.2, 0) is 9.53 Å². The molecule has 0 fully saturated rings. The van der Waals surface area contributed by atoms with Crippen LogP contribution in [0.2, 0.25) is 0 Å². The lowest BCUT2D eigenvalue weighted by Crippen LogP contribution is -2.12. The number of amides is 1. The van der Waals surface area contributed by atoms with Gasteiger partial charge in [0.15, 0.2) is 0 Å². The van der Waals surface area contributed by atoms with Gasteiger partial charge in [-0.15, -0.1) is 11.3 Å². The maximum Gasteiger partial charge on any atom is 0.341 e. The van der Waals surface area contributed by atoms with Crippen LogP contribution in [0.4, 0.5) is 5.00 Å². The van der Waals surface area contributed by atoms with Crippen molar-refractivity contribution < 1.29 is 28.5 Å². The molecule has 1 N–H and O–H groups in total. The zero-order chi connectivity index (χ0) is 24.5. The molecule has 178 valence electrons. The number of hydrogen-bond acceptors (Lipinski definition) is 7. The molecule has 0 atom stereocenters. The minimum atomic E-state index is -0.499. The molecule has 1 heterocycles. The Morgan fingerprint density at radius 3 is 2.35 bits per heavy atom. The molecule has 2 aromatic carbocycles. The molecule has 1 amide bonds. The maximum atomic E-state index is 12.8. The summed E-state index contributed by atoms with van der Waals surface area (Å²) in [5.41, 5.74) is 2.50. The Balaban J connectivity index is 1.87.